The summed E-state index contributed by atoms with van der Waals surface area (Å²) < 4.78 is 6.24. The molecule has 1 aromatic carbocycles. The van der Waals surface area contributed by atoms with Gasteiger partial charge in [0.25, 0.3) is 0 Å². The Labute approximate surface area is 105 Å². The van der Waals surface area contributed by atoms with Crippen LogP contribution in [0.3, 0.4) is 0 Å². The first-order valence-corrected chi connectivity index (χ1v) is 5.60. The molecule has 0 atom stereocenters. The minimum Gasteiger partial charge on any atom is -0.476 e. The number of nitrogens with two attached hydrogens (primary N) is 1. The highest BCUT2D eigenvalue weighted by atomic mass is 79.9. The first-order chi connectivity index (χ1) is 8.11. The SMILES string of the molecule is NCc1oc(-c2ccc(Br)cc2)nc1C(=O)O. The van der Waals surface area contributed by atoms with E-state index in [1.54, 1.807) is 12.1 Å². The molecule has 0 amide bonds. The van der Waals surface area contributed by atoms with Crippen molar-refractivity contribution >= 4 is 21.9 Å². The van der Waals surface area contributed by atoms with Gasteiger partial charge in [0.15, 0.2) is 11.5 Å². The number of aromatic nitrogens is 1. The number of benzene rings is 1. The third-order valence-electron chi connectivity index (χ3n) is 2.18. The first kappa shape index (κ1) is 11.8. The number of hydrogen-bond donors (Lipinski definition) is 2. The molecule has 0 radical (unpaired) electrons. The largest absolute Gasteiger partial charge is 0.476 e. The lowest BCUT2D eigenvalue weighted by Gasteiger charge is -1.94. The van der Waals surface area contributed by atoms with Crippen molar-refractivity contribution in [3.8, 4) is 11.5 Å². The molecule has 6 heteroatoms. The van der Waals surface area contributed by atoms with E-state index in [4.69, 9.17) is 15.3 Å². The molecule has 88 valence electrons. The van der Waals surface area contributed by atoms with Gasteiger partial charge in [-0.05, 0) is 24.3 Å². The summed E-state index contributed by atoms with van der Waals surface area (Å²) in [6.07, 6.45) is 0. The quantitative estimate of drug-likeness (QED) is 0.907. The van der Waals surface area contributed by atoms with Gasteiger partial charge in [0, 0.05) is 10.0 Å². The maximum atomic E-state index is 10.9. The average Bonchev–Trinajstić information content (AvgIpc) is 2.74. The molecular formula is C11H9BrN2O3. The van der Waals surface area contributed by atoms with Crippen molar-refractivity contribution in [2.45, 2.75) is 6.54 Å². The van der Waals surface area contributed by atoms with Gasteiger partial charge in [0.05, 0.1) is 6.54 Å². The fourth-order valence-electron chi connectivity index (χ4n) is 1.37. The van der Waals surface area contributed by atoms with Gasteiger partial charge in [-0.3, -0.25) is 0 Å². The second kappa shape index (κ2) is 4.68. The van der Waals surface area contributed by atoms with E-state index in [0.29, 0.717) is 5.56 Å². The van der Waals surface area contributed by atoms with E-state index in [-0.39, 0.29) is 23.9 Å². The fourth-order valence-corrected chi connectivity index (χ4v) is 1.64. The number of carboxylic acids is 1. The molecule has 5 nitrogen and oxygen atoms in total. The summed E-state index contributed by atoms with van der Waals surface area (Å²) in [5.74, 6) is -0.705. The standard InChI is InChI=1S/C11H9BrN2O3/c12-7-3-1-6(2-4-7)10-14-9(11(15)16)8(5-13)17-10/h1-4H,5,13H2,(H,15,16). The number of oxazole rings is 1. The van der Waals surface area contributed by atoms with Gasteiger partial charge in [-0.2, -0.15) is 0 Å². The number of rotatable bonds is 3. The van der Waals surface area contributed by atoms with Crippen molar-refractivity contribution in [2.75, 3.05) is 0 Å². The third-order valence-corrected chi connectivity index (χ3v) is 2.71. The minimum atomic E-state index is -1.14. The lowest BCUT2D eigenvalue weighted by Crippen LogP contribution is -2.04. The molecule has 0 aliphatic heterocycles. The molecule has 2 aromatic rings. The smallest absolute Gasteiger partial charge is 0.358 e. The summed E-state index contributed by atoms with van der Waals surface area (Å²) in [6.45, 7) is 0.00512. The molecule has 0 spiro atoms. The number of carboxylic acid groups (broad SMARTS) is 1. The number of halogens is 1. The predicted molar refractivity (Wildman–Crippen MR) is 64.5 cm³/mol. The molecule has 0 aliphatic rings. The van der Waals surface area contributed by atoms with Crippen molar-refractivity contribution in [3.63, 3.8) is 0 Å². The maximum absolute atomic E-state index is 10.9. The zero-order valence-corrected chi connectivity index (χ0v) is 10.3. The first-order valence-electron chi connectivity index (χ1n) is 4.81. The number of carbonyl (C=O) groups is 1. The Morgan fingerprint density at radius 2 is 2.06 bits per heavy atom. The highest BCUT2D eigenvalue weighted by Crippen LogP contribution is 2.23. The fraction of sp³-hybridized carbons (Fsp3) is 0.0909. The van der Waals surface area contributed by atoms with Gasteiger partial charge in [-0.15, -0.1) is 0 Å². The highest BCUT2D eigenvalue weighted by molar-refractivity contribution is 9.10. The zero-order chi connectivity index (χ0) is 12.4. The Balaban J connectivity index is 2.46. The summed E-state index contributed by atoms with van der Waals surface area (Å²) in [5, 5.41) is 8.92. The number of nitrogens with zero attached hydrogens (tertiary/aromatic N) is 1. The van der Waals surface area contributed by atoms with Gasteiger partial charge in [0.2, 0.25) is 5.89 Å². The third kappa shape index (κ3) is 2.37. The van der Waals surface area contributed by atoms with Crippen LogP contribution >= 0.6 is 15.9 Å². The lowest BCUT2D eigenvalue weighted by atomic mass is 10.2. The Morgan fingerprint density at radius 1 is 1.41 bits per heavy atom. The summed E-state index contributed by atoms with van der Waals surface area (Å²) in [4.78, 5) is 14.8. The van der Waals surface area contributed by atoms with Crippen molar-refractivity contribution in [1.29, 1.82) is 0 Å². The second-order valence-electron chi connectivity index (χ2n) is 3.31. The molecule has 1 heterocycles. The zero-order valence-electron chi connectivity index (χ0n) is 8.68. The molecule has 0 saturated heterocycles. The van der Waals surface area contributed by atoms with Crippen molar-refractivity contribution in [1.82, 2.24) is 4.98 Å². The van der Waals surface area contributed by atoms with E-state index in [9.17, 15) is 4.79 Å². The molecule has 2 rings (SSSR count). The summed E-state index contributed by atoms with van der Waals surface area (Å²) in [7, 11) is 0. The van der Waals surface area contributed by atoms with Crippen LogP contribution in [0.5, 0.6) is 0 Å². The van der Waals surface area contributed by atoms with Crippen LogP contribution in [0, 0.1) is 0 Å². The van der Waals surface area contributed by atoms with Gasteiger partial charge >= 0.3 is 5.97 Å². The predicted octanol–water partition coefficient (Wildman–Crippen LogP) is 2.26. The van der Waals surface area contributed by atoms with Crippen LogP contribution < -0.4 is 5.73 Å². The van der Waals surface area contributed by atoms with Crippen molar-refractivity contribution < 1.29 is 14.3 Å². The van der Waals surface area contributed by atoms with E-state index in [1.165, 1.54) is 0 Å². The topological polar surface area (TPSA) is 89.4 Å². The summed E-state index contributed by atoms with van der Waals surface area (Å²) in [6, 6.07) is 7.20. The molecular weight excluding hydrogens is 288 g/mol. The second-order valence-corrected chi connectivity index (χ2v) is 4.22. The molecule has 17 heavy (non-hydrogen) atoms. The Bertz CT molecular complexity index is 548. The molecule has 0 unspecified atom stereocenters. The maximum Gasteiger partial charge on any atom is 0.358 e. The summed E-state index contributed by atoms with van der Waals surface area (Å²) in [5.41, 5.74) is 5.97. The monoisotopic (exact) mass is 296 g/mol. The van der Waals surface area contributed by atoms with Crippen LogP contribution in [0.2, 0.25) is 0 Å². The van der Waals surface area contributed by atoms with Crippen LogP contribution in [-0.2, 0) is 6.54 Å². The number of aromatic carboxylic acids is 1. The van der Waals surface area contributed by atoms with E-state index in [2.05, 4.69) is 20.9 Å². The van der Waals surface area contributed by atoms with Crippen LogP contribution in [0.25, 0.3) is 11.5 Å². The average molecular weight is 297 g/mol. The van der Waals surface area contributed by atoms with E-state index in [1.807, 2.05) is 12.1 Å². The normalized spacial score (nSPS) is 10.5. The molecule has 0 aliphatic carbocycles. The molecule has 0 saturated carbocycles. The molecule has 0 bridgehead atoms. The van der Waals surface area contributed by atoms with Gasteiger partial charge in [0.1, 0.15) is 0 Å². The lowest BCUT2D eigenvalue weighted by molar-refractivity contribution is 0.0689. The Hall–Kier alpha value is -1.66. The van der Waals surface area contributed by atoms with Crippen LogP contribution in [0.15, 0.2) is 33.2 Å². The van der Waals surface area contributed by atoms with Gasteiger partial charge in [-0.25, -0.2) is 9.78 Å². The number of hydrogen-bond acceptors (Lipinski definition) is 4. The van der Waals surface area contributed by atoms with Gasteiger partial charge in [-0.1, -0.05) is 15.9 Å². The Kier molecular flexibility index (Phi) is 3.26. The summed E-state index contributed by atoms with van der Waals surface area (Å²) >= 11 is 3.31. The minimum absolute atomic E-state index is 0.00512. The van der Waals surface area contributed by atoms with E-state index < -0.39 is 5.97 Å². The molecule has 0 fully saturated rings. The van der Waals surface area contributed by atoms with Crippen molar-refractivity contribution in [2.24, 2.45) is 5.73 Å². The Morgan fingerprint density at radius 3 is 2.53 bits per heavy atom. The van der Waals surface area contributed by atoms with Crippen LogP contribution in [0.1, 0.15) is 16.2 Å². The molecule has 1 aromatic heterocycles. The van der Waals surface area contributed by atoms with Gasteiger partial charge < -0.3 is 15.3 Å². The van der Waals surface area contributed by atoms with Crippen LogP contribution in [0.4, 0.5) is 0 Å². The van der Waals surface area contributed by atoms with Crippen LogP contribution in [-0.4, -0.2) is 16.1 Å². The van der Waals surface area contributed by atoms with E-state index >= 15 is 0 Å². The van der Waals surface area contributed by atoms with E-state index in [0.717, 1.165) is 4.47 Å². The van der Waals surface area contributed by atoms with Crippen molar-refractivity contribution in [3.05, 3.63) is 40.2 Å². The highest BCUT2D eigenvalue weighted by Gasteiger charge is 2.18. The molecule has 3 N–H and O–H groups in total.